The number of rotatable bonds is 15. The molecule has 0 radical (unpaired) electrons. The van der Waals surface area contributed by atoms with Gasteiger partial charge in [0, 0.05) is 76.8 Å². The molecule has 13 nitrogen and oxygen atoms in total. The van der Waals surface area contributed by atoms with Crippen LogP contribution in [0.4, 0.5) is 4.79 Å². The van der Waals surface area contributed by atoms with E-state index >= 15 is 0 Å². The topological polar surface area (TPSA) is 132 Å². The molecule has 7 rings (SSSR count). The minimum atomic E-state index is -0.674. The van der Waals surface area contributed by atoms with Crippen molar-refractivity contribution in [2.45, 2.75) is 74.5 Å². The van der Waals surface area contributed by atoms with Crippen molar-refractivity contribution in [1.29, 1.82) is 0 Å². The average Bonchev–Trinajstić information content (AvgIpc) is 3.89. The van der Waals surface area contributed by atoms with Crippen molar-refractivity contribution in [1.82, 2.24) is 29.0 Å². The van der Waals surface area contributed by atoms with E-state index in [0.717, 1.165) is 55.1 Å². The fraction of sp³-hybridized carbons (Fsp3) is 0.370. The molecular weight excluding hydrogens is 848 g/mol. The molecule has 3 aromatic carbocycles. The molecule has 0 fully saturated rings. The van der Waals surface area contributed by atoms with Crippen molar-refractivity contribution in [3.8, 4) is 16.9 Å². The number of esters is 2. The van der Waals surface area contributed by atoms with E-state index in [4.69, 9.17) is 40.7 Å². The largest absolute Gasteiger partial charge is 0.489 e. The van der Waals surface area contributed by atoms with Crippen molar-refractivity contribution in [3.63, 3.8) is 0 Å². The van der Waals surface area contributed by atoms with Gasteiger partial charge >= 0.3 is 18.0 Å². The van der Waals surface area contributed by atoms with Crippen LogP contribution < -0.4 is 4.74 Å². The highest BCUT2D eigenvalue weighted by atomic mass is 35.5. The lowest BCUT2D eigenvalue weighted by atomic mass is 9.97. The lowest BCUT2D eigenvalue weighted by Gasteiger charge is -2.31. The Morgan fingerprint density at radius 3 is 2.47 bits per heavy atom. The highest BCUT2D eigenvalue weighted by Crippen LogP contribution is 2.44. The SMILES string of the molecule is C=CCOc1cc(SCc2cc(CSCc3nn4c(c3-c3c(Cl)ccc5c(CCC(=O)OC)c(C(=O)OC)n(C)c35)CN(C(=O)OC(C)(C)C)CC4)nn2C)cc2ccccc12. The summed E-state index contributed by atoms with van der Waals surface area (Å²) >= 11 is 10.6. The zero-order chi connectivity index (χ0) is 44.3. The van der Waals surface area contributed by atoms with Crippen LogP contribution in [0.1, 0.15) is 66.0 Å². The van der Waals surface area contributed by atoms with E-state index in [2.05, 4.69) is 36.9 Å². The number of amides is 1. The Morgan fingerprint density at radius 1 is 0.935 bits per heavy atom. The van der Waals surface area contributed by atoms with Gasteiger partial charge in [0.1, 0.15) is 23.7 Å². The standard InChI is InChI=1S/C46H51ClN6O7S2/c1-9-20-59-38-23-31(21-28-12-10-11-13-32(28)38)62-26-30-22-29(48-51(30)6)25-61-27-36-41(37-24-52(18-19-53(37)49-36)45(56)60-46(2,3)4)40-35(47)16-14-33-34(15-17-39(54)57-7)43(44(55)58-8)50(5)42(33)40/h9-14,16,21-23H,1,15,17-20,24-27H2,2-8H3. The normalized spacial score (nSPS) is 12.7. The van der Waals surface area contributed by atoms with Gasteiger partial charge in [-0.25, -0.2) is 9.59 Å². The monoisotopic (exact) mass is 898 g/mol. The first kappa shape index (κ1) is 44.7. The highest BCUT2D eigenvalue weighted by molar-refractivity contribution is 7.98. The van der Waals surface area contributed by atoms with Crippen LogP contribution in [-0.2, 0) is 69.9 Å². The number of methoxy groups -OCH3 is 2. The van der Waals surface area contributed by atoms with Crippen LogP contribution in [0.25, 0.3) is 32.8 Å². The molecule has 3 aromatic heterocycles. The van der Waals surface area contributed by atoms with Crippen molar-refractivity contribution in [3.05, 3.63) is 106 Å². The van der Waals surface area contributed by atoms with Crippen LogP contribution in [-0.4, -0.2) is 80.0 Å². The van der Waals surface area contributed by atoms with Crippen LogP contribution in [0, 0.1) is 0 Å². The molecule has 0 unspecified atom stereocenters. The number of carbonyl (C=O) groups excluding carboxylic acids is 3. The number of benzene rings is 3. The fourth-order valence-corrected chi connectivity index (χ4v) is 9.89. The Hall–Kier alpha value is -5.38. The van der Waals surface area contributed by atoms with Crippen LogP contribution in [0.2, 0.25) is 5.02 Å². The predicted molar refractivity (Wildman–Crippen MR) is 245 cm³/mol. The van der Waals surface area contributed by atoms with E-state index in [0.29, 0.717) is 64.3 Å². The Labute approximate surface area is 374 Å². The van der Waals surface area contributed by atoms with Crippen LogP contribution >= 0.6 is 35.1 Å². The summed E-state index contributed by atoms with van der Waals surface area (Å²) in [7, 11) is 6.42. The molecule has 4 heterocycles. The summed E-state index contributed by atoms with van der Waals surface area (Å²) in [4.78, 5) is 41.9. The first-order valence-corrected chi connectivity index (χ1v) is 22.7. The first-order chi connectivity index (χ1) is 29.7. The van der Waals surface area contributed by atoms with Crippen LogP contribution in [0.5, 0.6) is 5.75 Å². The maximum absolute atomic E-state index is 13.4. The van der Waals surface area contributed by atoms with Gasteiger partial charge in [-0.3, -0.25) is 14.2 Å². The zero-order valence-corrected chi connectivity index (χ0v) is 38.5. The molecule has 0 N–H and O–H groups in total. The molecule has 6 aromatic rings. The van der Waals surface area contributed by atoms with Gasteiger partial charge in [-0.2, -0.15) is 10.2 Å². The summed E-state index contributed by atoms with van der Waals surface area (Å²) in [6, 6.07) is 18.3. The third kappa shape index (κ3) is 9.49. The van der Waals surface area contributed by atoms with Gasteiger partial charge in [0.2, 0.25) is 0 Å². The van der Waals surface area contributed by atoms with E-state index in [1.807, 2.05) is 55.4 Å². The minimum absolute atomic E-state index is 0.0663. The Kier molecular flexibility index (Phi) is 13.6. The molecule has 0 spiro atoms. The lowest BCUT2D eigenvalue weighted by molar-refractivity contribution is -0.140. The number of halogens is 1. The van der Waals surface area contributed by atoms with Gasteiger partial charge in [-0.15, -0.1) is 23.5 Å². The predicted octanol–water partition coefficient (Wildman–Crippen LogP) is 9.52. The smallest absolute Gasteiger partial charge is 0.410 e. The fourth-order valence-electron chi connectivity index (χ4n) is 7.81. The zero-order valence-electron chi connectivity index (χ0n) is 36.1. The number of fused-ring (bicyclic) bond motifs is 3. The van der Waals surface area contributed by atoms with Gasteiger partial charge < -0.3 is 28.4 Å². The van der Waals surface area contributed by atoms with E-state index < -0.39 is 23.6 Å². The molecule has 0 aliphatic carbocycles. The maximum atomic E-state index is 13.4. The summed E-state index contributed by atoms with van der Waals surface area (Å²) in [6.45, 7) is 10.9. The summed E-state index contributed by atoms with van der Waals surface area (Å²) < 4.78 is 27.7. The number of hydrogen-bond acceptors (Lipinski definition) is 11. The lowest BCUT2D eigenvalue weighted by Crippen LogP contribution is -2.41. The van der Waals surface area contributed by atoms with Gasteiger partial charge in [-0.05, 0) is 62.4 Å². The number of thioether (sulfide) groups is 2. The highest BCUT2D eigenvalue weighted by Gasteiger charge is 2.33. The van der Waals surface area contributed by atoms with Gasteiger partial charge in [0.25, 0.3) is 0 Å². The first-order valence-electron chi connectivity index (χ1n) is 20.2. The second kappa shape index (κ2) is 18.9. The third-order valence-electron chi connectivity index (χ3n) is 10.6. The second-order valence-electron chi connectivity index (χ2n) is 15.9. The summed E-state index contributed by atoms with van der Waals surface area (Å²) in [5.41, 5.74) is 6.02. The van der Waals surface area contributed by atoms with Gasteiger partial charge in [0.05, 0.1) is 54.9 Å². The molecule has 0 bridgehead atoms. The van der Waals surface area contributed by atoms with E-state index in [1.165, 1.54) is 14.2 Å². The number of aryl methyl sites for hydroxylation is 3. The van der Waals surface area contributed by atoms with E-state index in [-0.39, 0.29) is 19.4 Å². The van der Waals surface area contributed by atoms with Crippen molar-refractivity contribution in [2.24, 2.45) is 14.1 Å². The number of nitrogens with zero attached hydrogens (tertiary/aromatic N) is 6. The van der Waals surface area contributed by atoms with Crippen LogP contribution in [0.3, 0.4) is 0 Å². The van der Waals surface area contributed by atoms with Crippen molar-refractivity contribution >= 4 is 74.8 Å². The van der Waals surface area contributed by atoms with Crippen molar-refractivity contribution < 1.29 is 33.3 Å². The molecular formula is C46H51ClN6O7S2. The molecule has 1 aliphatic rings. The van der Waals surface area contributed by atoms with Gasteiger partial charge in [0.15, 0.2) is 0 Å². The molecule has 0 atom stereocenters. The average molecular weight is 900 g/mol. The summed E-state index contributed by atoms with van der Waals surface area (Å²) in [6.07, 6.45) is 1.64. The Balaban J connectivity index is 1.20. The number of aromatic nitrogens is 5. The summed E-state index contributed by atoms with van der Waals surface area (Å²) in [5, 5.41) is 13.4. The quantitative estimate of drug-likeness (QED) is 0.0423. The minimum Gasteiger partial charge on any atom is -0.489 e. The number of carbonyl (C=O) groups is 3. The second-order valence-corrected chi connectivity index (χ2v) is 18.4. The molecule has 326 valence electrons. The Morgan fingerprint density at radius 2 is 1.73 bits per heavy atom. The molecule has 16 heteroatoms. The molecule has 62 heavy (non-hydrogen) atoms. The third-order valence-corrected chi connectivity index (χ3v) is 12.9. The van der Waals surface area contributed by atoms with E-state index in [1.54, 1.807) is 52.2 Å². The van der Waals surface area contributed by atoms with Crippen LogP contribution in [0.15, 0.2) is 72.1 Å². The maximum Gasteiger partial charge on any atom is 0.410 e. The van der Waals surface area contributed by atoms with E-state index in [9.17, 15) is 14.4 Å². The molecule has 1 amide bonds. The Bertz CT molecular complexity index is 2680. The molecule has 0 saturated heterocycles. The number of ether oxygens (including phenoxy) is 4. The molecule has 1 aliphatic heterocycles. The number of hydrogen-bond donors (Lipinski definition) is 0. The van der Waals surface area contributed by atoms with Gasteiger partial charge in [-0.1, -0.05) is 54.6 Å². The van der Waals surface area contributed by atoms with Crippen molar-refractivity contribution in [2.75, 3.05) is 27.4 Å². The molecule has 0 saturated carbocycles. The summed E-state index contributed by atoms with van der Waals surface area (Å²) in [5.74, 6) is 1.73.